The molecule has 0 saturated heterocycles. The van der Waals surface area contributed by atoms with E-state index in [4.69, 9.17) is 0 Å². The van der Waals surface area contributed by atoms with Crippen molar-refractivity contribution in [3.63, 3.8) is 0 Å². The van der Waals surface area contributed by atoms with Crippen molar-refractivity contribution in [3.8, 4) is 0 Å². The molecule has 0 spiro atoms. The Balaban J connectivity index is 2.77. The Morgan fingerprint density at radius 1 is 1.29 bits per heavy atom. The summed E-state index contributed by atoms with van der Waals surface area (Å²) in [5, 5.41) is 3.20. The predicted octanol–water partition coefficient (Wildman–Crippen LogP) is 3.76. The van der Waals surface area contributed by atoms with Crippen molar-refractivity contribution in [3.05, 3.63) is 35.4 Å². The molecule has 0 saturated carbocycles. The third-order valence-electron chi connectivity index (χ3n) is 2.42. The van der Waals surface area contributed by atoms with Gasteiger partial charge < -0.3 is 5.32 Å². The van der Waals surface area contributed by atoms with Gasteiger partial charge in [0.15, 0.2) is 0 Å². The fourth-order valence-electron chi connectivity index (χ4n) is 1.63. The number of benzene rings is 1. The Labute approximate surface area is 106 Å². The standard InChI is InChI=1S/C13H19F2NS/c1-3-7-17-9-13(16-4-2)11-8-10(14)5-6-12(11)15/h5-6,8,13,16H,3-4,7,9H2,1-2H3. The zero-order valence-corrected chi connectivity index (χ0v) is 11.1. The van der Waals surface area contributed by atoms with E-state index in [0.717, 1.165) is 30.5 Å². The highest BCUT2D eigenvalue weighted by atomic mass is 32.2. The van der Waals surface area contributed by atoms with E-state index in [2.05, 4.69) is 12.2 Å². The molecular formula is C13H19F2NS. The monoisotopic (exact) mass is 259 g/mol. The minimum absolute atomic E-state index is 0.118. The van der Waals surface area contributed by atoms with Gasteiger partial charge in [-0.25, -0.2) is 8.78 Å². The van der Waals surface area contributed by atoms with E-state index in [1.807, 2.05) is 6.92 Å². The van der Waals surface area contributed by atoms with Crippen LogP contribution in [0.5, 0.6) is 0 Å². The lowest BCUT2D eigenvalue weighted by atomic mass is 10.1. The molecule has 0 aromatic heterocycles. The molecule has 1 nitrogen and oxygen atoms in total. The van der Waals surface area contributed by atoms with Gasteiger partial charge in [0.05, 0.1) is 0 Å². The van der Waals surface area contributed by atoms with Crippen LogP contribution < -0.4 is 5.32 Å². The van der Waals surface area contributed by atoms with Crippen LogP contribution in [-0.4, -0.2) is 18.1 Å². The van der Waals surface area contributed by atoms with Crippen LogP contribution in [-0.2, 0) is 0 Å². The van der Waals surface area contributed by atoms with E-state index >= 15 is 0 Å². The van der Waals surface area contributed by atoms with Crippen LogP contribution >= 0.6 is 11.8 Å². The lowest BCUT2D eigenvalue weighted by Gasteiger charge is -2.18. The Morgan fingerprint density at radius 2 is 2.06 bits per heavy atom. The molecule has 0 bridgehead atoms. The van der Waals surface area contributed by atoms with Crippen LogP contribution in [0.2, 0.25) is 0 Å². The summed E-state index contributed by atoms with van der Waals surface area (Å²) in [5.41, 5.74) is 0.426. The number of nitrogens with one attached hydrogen (secondary N) is 1. The van der Waals surface area contributed by atoms with Crippen molar-refractivity contribution in [1.29, 1.82) is 0 Å². The maximum absolute atomic E-state index is 13.6. The number of thioether (sulfide) groups is 1. The molecule has 17 heavy (non-hydrogen) atoms. The van der Waals surface area contributed by atoms with Crippen LogP contribution in [0.4, 0.5) is 8.78 Å². The van der Waals surface area contributed by atoms with Crippen molar-refractivity contribution in [2.45, 2.75) is 26.3 Å². The van der Waals surface area contributed by atoms with Gasteiger partial charge in [0.25, 0.3) is 0 Å². The number of hydrogen-bond acceptors (Lipinski definition) is 2. The second-order valence-electron chi connectivity index (χ2n) is 3.85. The molecule has 1 atom stereocenters. The Morgan fingerprint density at radius 3 is 2.71 bits per heavy atom. The Hall–Kier alpha value is -0.610. The lowest BCUT2D eigenvalue weighted by molar-refractivity contribution is 0.533. The summed E-state index contributed by atoms with van der Waals surface area (Å²) < 4.78 is 26.8. The average molecular weight is 259 g/mol. The molecule has 0 aliphatic rings. The molecule has 4 heteroatoms. The molecule has 0 heterocycles. The summed E-state index contributed by atoms with van der Waals surface area (Å²) in [6.07, 6.45) is 1.09. The zero-order valence-electron chi connectivity index (χ0n) is 10.3. The third-order valence-corrected chi connectivity index (χ3v) is 3.68. The third kappa shape index (κ3) is 4.64. The van der Waals surface area contributed by atoms with E-state index in [0.29, 0.717) is 5.56 Å². The average Bonchev–Trinajstić information content (AvgIpc) is 2.32. The quantitative estimate of drug-likeness (QED) is 0.748. The van der Waals surface area contributed by atoms with Crippen LogP contribution in [0, 0.1) is 11.6 Å². The van der Waals surface area contributed by atoms with E-state index in [-0.39, 0.29) is 17.7 Å². The van der Waals surface area contributed by atoms with E-state index in [1.165, 1.54) is 12.1 Å². The van der Waals surface area contributed by atoms with Crippen molar-refractivity contribution in [2.24, 2.45) is 0 Å². The highest BCUT2D eigenvalue weighted by Crippen LogP contribution is 2.22. The minimum Gasteiger partial charge on any atom is -0.309 e. The Bertz CT molecular complexity index is 344. The van der Waals surface area contributed by atoms with Gasteiger partial charge in [0.1, 0.15) is 11.6 Å². The van der Waals surface area contributed by atoms with E-state index in [1.54, 1.807) is 11.8 Å². The first-order chi connectivity index (χ1) is 8.19. The van der Waals surface area contributed by atoms with Crippen molar-refractivity contribution >= 4 is 11.8 Å². The summed E-state index contributed by atoms with van der Waals surface area (Å²) in [6.45, 7) is 4.82. The number of hydrogen-bond donors (Lipinski definition) is 1. The molecule has 1 aromatic carbocycles. The second kappa shape index (κ2) is 7.67. The molecule has 96 valence electrons. The molecule has 1 N–H and O–H groups in total. The van der Waals surface area contributed by atoms with E-state index in [9.17, 15) is 8.78 Å². The van der Waals surface area contributed by atoms with Crippen LogP contribution in [0.15, 0.2) is 18.2 Å². The zero-order chi connectivity index (χ0) is 12.7. The van der Waals surface area contributed by atoms with Gasteiger partial charge in [-0.15, -0.1) is 0 Å². The number of halogens is 2. The minimum atomic E-state index is -0.384. The molecule has 1 unspecified atom stereocenters. The molecule has 1 aromatic rings. The van der Waals surface area contributed by atoms with Gasteiger partial charge in [-0.1, -0.05) is 13.8 Å². The van der Waals surface area contributed by atoms with Crippen LogP contribution in [0.25, 0.3) is 0 Å². The second-order valence-corrected chi connectivity index (χ2v) is 5.00. The van der Waals surface area contributed by atoms with Crippen LogP contribution in [0.1, 0.15) is 31.9 Å². The fraction of sp³-hybridized carbons (Fsp3) is 0.538. The summed E-state index contributed by atoms with van der Waals surface area (Å²) in [6, 6.07) is 3.52. The first kappa shape index (κ1) is 14.5. The van der Waals surface area contributed by atoms with Crippen molar-refractivity contribution in [1.82, 2.24) is 5.32 Å². The summed E-state index contributed by atoms with van der Waals surface area (Å²) in [5.74, 6) is 1.08. The van der Waals surface area contributed by atoms with Gasteiger partial charge in [-0.3, -0.25) is 0 Å². The molecule has 0 radical (unpaired) electrons. The smallest absolute Gasteiger partial charge is 0.128 e. The lowest BCUT2D eigenvalue weighted by Crippen LogP contribution is -2.24. The number of rotatable bonds is 7. The normalized spacial score (nSPS) is 12.7. The van der Waals surface area contributed by atoms with E-state index < -0.39 is 0 Å². The SMILES string of the molecule is CCCSCC(NCC)c1cc(F)ccc1F. The topological polar surface area (TPSA) is 12.0 Å². The molecular weight excluding hydrogens is 240 g/mol. The van der Waals surface area contributed by atoms with Crippen molar-refractivity contribution < 1.29 is 8.78 Å². The summed E-state index contributed by atoms with van der Waals surface area (Å²) in [4.78, 5) is 0. The van der Waals surface area contributed by atoms with Crippen molar-refractivity contribution in [2.75, 3.05) is 18.1 Å². The summed E-state index contributed by atoms with van der Waals surface area (Å²) in [7, 11) is 0. The summed E-state index contributed by atoms with van der Waals surface area (Å²) >= 11 is 1.76. The van der Waals surface area contributed by atoms with Crippen LogP contribution in [0.3, 0.4) is 0 Å². The molecule has 0 aliphatic heterocycles. The maximum atomic E-state index is 13.6. The van der Waals surface area contributed by atoms with Gasteiger partial charge in [-0.2, -0.15) is 11.8 Å². The first-order valence-electron chi connectivity index (χ1n) is 5.95. The molecule has 0 fully saturated rings. The maximum Gasteiger partial charge on any atom is 0.128 e. The van der Waals surface area contributed by atoms with Gasteiger partial charge in [0, 0.05) is 17.4 Å². The molecule has 0 amide bonds. The van der Waals surface area contributed by atoms with Gasteiger partial charge in [0.2, 0.25) is 0 Å². The fourth-order valence-corrected chi connectivity index (χ4v) is 2.62. The van der Waals surface area contributed by atoms with Gasteiger partial charge >= 0.3 is 0 Å². The predicted molar refractivity (Wildman–Crippen MR) is 70.4 cm³/mol. The first-order valence-corrected chi connectivity index (χ1v) is 7.10. The highest BCUT2D eigenvalue weighted by Gasteiger charge is 2.15. The van der Waals surface area contributed by atoms with Gasteiger partial charge in [-0.05, 0) is 36.9 Å². The molecule has 1 rings (SSSR count). The Kier molecular flexibility index (Phi) is 6.52. The molecule has 0 aliphatic carbocycles. The largest absolute Gasteiger partial charge is 0.309 e. The highest BCUT2D eigenvalue weighted by molar-refractivity contribution is 7.99.